The second-order valence-corrected chi connectivity index (χ2v) is 4.70. The van der Waals surface area contributed by atoms with E-state index in [4.69, 9.17) is 14.2 Å². The van der Waals surface area contributed by atoms with E-state index in [0.29, 0.717) is 28.6 Å². The molecular formula is C17H18N2O5. The van der Waals surface area contributed by atoms with Crippen molar-refractivity contribution in [1.82, 2.24) is 0 Å². The van der Waals surface area contributed by atoms with Crippen LogP contribution < -0.4 is 24.8 Å². The van der Waals surface area contributed by atoms with Crippen LogP contribution in [0.3, 0.4) is 0 Å². The first-order chi connectivity index (χ1) is 11.6. The summed E-state index contributed by atoms with van der Waals surface area (Å²) < 4.78 is 15.3. The summed E-state index contributed by atoms with van der Waals surface area (Å²) in [6.07, 6.45) is 0. The van der Waals surface area contributed by atoms with Gasteiger partial charge in [-0.3, -0.25) is 9.59 Å². The van der Waals surface area contributed by atoms with Crippen molar-refractivity contribution in [2.24, 2.45) is 0 Å². The molecule has 0 heterocycles. The third-order valence-electron chi connectivity index (χ3n) is 3.21. The summed E-state index contributed by atoms with van der Waals surface area (Å²) in [5.41, 5.74) is 0.853. The summed E-state index contributed by atoms with van der Waals surface area (Å²) >= 11 is 0. The fourth-order valence-corrected chi connectivity index (χ4v) is 1.94. The molecule has 0 atom stereocenters. The lowest BCUT2D eigenvalue weighted by Crippen LogP contribution is -2.29. The third-order valence-corrected chi connectivity index (χ3v) is 3.21. The molecule has 7 heteroatoms. The van der Waals surface area contributed by atoms with Crippen LogP contribution in [-0.4, -0.2) is 33.1 Å². The van der Waals surface area contributed by atoms with Crippen molar-refractivity contribution < 1.29 is 23.8 Å². The van der Waals surface area contributed by atoms with E-state index in [-0.39, 0.29) is 0 Å². The van der Waals surface area contributed by atoms with E-state index in [2.05, 4.69) is 10.6 Å². The average molecular weight is 330 g/mol. The number of hydrogen-bond acceptors (Lipinski definition) is 5. The van der Waals surface area contributed by atoms with E-state index >= 15 is 0 Å². The highest BCUT2D eigenvalue weighted by Gasteiger charge is 2.16. The molecule has 0 radical (unpaired) electrons. The maximum absolute atomic E-state index is 12.0. The minimum atomic E-state index is -0.811. The molecule has 7 nitrogen and oxygen atoms in total. The van der Waals surface area contributed by atoms with Gasteiger partial charge in [-0.25, -0.2) is 0 Å². The summed E-state index contributed by atoms with van der Waals surface area (Å²) in [6, 6.07) is 11.5. The van der Waals surface area contributed by atoms with Crippen molar-refractivity contribution in [2.45, 2.75) is 0 Å². The zero-order chi connectivity index (χ0) is 17.5. The van der Waals surface area contributed by atoms with Gasteiger partial charge in [-0.2, -0.15) is 0 Å². The molecule has 2 amide bonds. The minimum Gasteiger partial charge on any atom is -0.497 e. The summed E-state index contributed by atoms with van der Waals surface area (Å²) in [4.78, 5) is 24.0. The lowest BCUT2D eigenvalue weighted by Gasteiger charge is -2.11. The Bertz CT molecular complexity index is 728. The van der Waals surface area contributed by atoms with Crippen LogP contribution >= 0.6 is 0 Å². The van der Waals surface area contributed by atoms with Crippen molar-refractivity contribution in [3.05, 3.63) is 42.5 Å². The van der Waals surface area contributed by atoms with Crippen LogP contribution in [0.2, 0.25) is 0 Å². The van der Waals surface area contributed by atoms with Crippen LogP contribution in [0.5, 0.6) is 17.2 Å². The highest BCUT2D eigenvalue weighted by molar-refractivity contribution is 6.43. The van der Waals surface area contributed by atoms with Gasteiger partial charge in [-0.15, -0.1) is 0 Å². The molecule has 2 rings (SSSR count). The first kappa shape index (κ1) is 17.1. The van der Waals surface area contributed by atoms with Crippen LogP contribution in [0.4, 0.5) is 11.4 Å². The zero-order valence-corrected chi connectivity index (χ0v) is 13.6. The van der Waals surface area contributed by atoms with Crippen LogP contribution in [-0.2, 0) is 9.59 Å². The Balaban J connectivity index is 2.04. The molecule has 0 bridgehead atoms. The molecule has 0 aromatic heterocycles. The van der Waals surface area contributed by atoms with Crippen LogP contribution in [0.15, 0.2) is 42.5 Å². The summed E-state index contributed by atoms with van der Waals surface area (Å²) in [5.74, 6) is 0.0141. The van der Waals surface area contributed by atoms with Gasteiger partial charge in [0.15, 0.2) is 0 Å². The first-order valence-electron chi connectivity index (χ1n) is 7.05. The summed E-state index contributed by atoms with van der Waals surface area (Å²) in [6.45, 7) is 0. The lowest BCUT2D eigenvalue weighted by atomic mass is 10.2. The largest absolute Gasteiger partial charge is 0.497 e. The average Bonchev–Trinajstić information content (AvgIpc) is 2.62. The van der Waals surface area contributed by atoms with E-state index in [1.54, 1.807) is 49.6 Å². The number of carbonyl (C=O) groups is 2. The highest BCUT2D eigenvalue weighted by atomic mass is 16.5. The Labute approximate surface area is 139 Å². The van der Waals surface area contributed by atoms with Gasteiger partial charge in [0, 0.05) is 11.8 Å². The lowest BCUT2D eigenvalue weighted by molar-refractivity contribution is -0.133. The molecule has 24 heavy (non-hydrogen) atoms. The van der Waals surface area contributed by atoms with Gasteiger partial charge in [-0.05, 0) is 36.4 Å². The monoisotopic (exact) mass is 330 g/mol. The second-order valence-electron chi connectivity index (χ2n) is 4.70. The van der Waals surface area contributed by atoms with Gasteiger partial charge in [0.2, 0.25) is 0 Å². The fraction of sp³-hybridized carbons (Fsp3) is 0.176. The van der Waals surface area contributed by atoms with Crippen LogP contribution in [0.1, 0.15) is 0 Å². The molecule has 0 aliphatic heterocycles. The number of nitrogens with one attached hydrogen (secondary N) is 2. The molecule has 0 saturated heterocycles. The van der Waals surface area contributed by atoms with Crippen molar-refractivity contribution in [2.75, 3.05) is 32.0 Å². The second kappa shape index (κ2) is 7.87. The number of ether oxygens (including phenoxy) is 3. The van der Waals surface area contributed by atoms with Gasteiger partial charge < -0.3 is 24.8 Å². The first-order valence-corrected chi connectivity index (χ1v) is 7.05. The topological polar surface area (TPSA) is 85.9 Å². The van der Waals surface area contributed by atoms with Crippen molar-refractivity contribution in [1.29, 1.82) is 0 Å². The number of anilines is 2. The predicted molar refractivity (Wildman–Crippen MR) is 89.8 cm³/mol. The number of methoxy groups -OCH3 is 3. The maximum Gasteiger partial charge on any atom is 0.314 e. The zero-order valence-electron chi connectivity index (χ0n) is 13.6. The highest BCUT2D eigenvalue weighted by Crippen LogP contribution is 2.29. The van der Waals surface area contributed by atoms with Crippen molar-refractivity contribution in [3.63, 3.8) is 0 Å². The molecule has 0 saturated carbocycles. The maximum atomic E-state index is 12.0. The predicted octanol–water partition coefficient (Wildman–Crippen LogP) is 2.29. The smallest absolute Gasteiger partial charge is 0.314 e. The number of benzene rings is 2. The van der Waals surface area contributed by atoms with Crippen molar-refractivity contribution >= 4 is 23.2 Å². The standard InChI is InChI=1S/C17H18N2O5/c1-22-12-6-4-11(5-7-12)18-16(20)17(21)19-14-9-8-13(23-2)10-15(14)24-3/h4-10H,1-3H3,(H,18,20)(H,19,21). The molecular weight excluding hydrogens is 312 g/mol. The van der Waals surface area contributed by atoms with Gasteiger partial charge in [0.05, 0.1) is 27.0 Å². The molecule has 0 aliphatic carbocycles. The Morgan fingerprint density at radius 3 is 1.92 bits per heavy atom. The SMILES string of the molecule is COc1ccc(NC(=O)C(=O)Nc2ccc(OC)cc2OC)cc1. The van der Waals surface area contributed by atoms with E-state index in [1.807, 2.05) is 0 Å². The number of hydrogen-bond donors (Lipinski definition) is 2. The molecule has 0 fully saturated rings. The molecule has 2 aromatic rings. The van der Waals surface area contributed by atoms with Gasteiger partial charge in [0.25, 0.3) is 0 Å². The van der Waals surface area contributed by atoms with E-state index < -0.39 is 11.8 Å². The van der Waals surface area contributed by atoms with E-state index in [1.165, 1.54) is 14.2 Å². The molecule has 2 N–H and O–H groups in total. The third kappa shape index (κ3) is 4.16. The van der Waals surface area contributed by atoms with Gasteiger partial charge in [-0.1, -0.05) is 0 Å². The molecule has 126 valence electrons. The number of amides is 2. The molecule has 0 aliphatic rings. The Kier molecular flexibility index (Phi) is 5.62. The Morgan fingerprint density at radius 1 is 0.750 bits per heavy atom. The van der Waals surface area contributed by atoms with Crippen LogP contribution in [0, 0.1) is 0 Å². The molecule has 0 unspecified atom stereocenters. The Hall–Kier alpha value is -3.22. The van der Waals surface area contributed by atoms with Crippen molar-refractivity contribution in [3.8, 4) is 17.2 Å². The van der Waals surface area contributed by atoms with Crippen LogP contribution in [0.25, 0.3) is 0 Å². The number of rotatable bonds is 5. The van der Waals surface area contributed by atoms with E-state index in [9.17, 15) is 9.59 Å². The van der Waals surface area contributed by atoms with E-state index in [0.717, 1.165) is 0 Å². The molecule has 0 spiro atoms. The number of carbonyl (C=O) groups excluding carboxylic acids is 2. The Morgan fingerprint density at radius 2 is 1.33 bits per heavy atom. The fourth-order valence-electron chi connectivity index (χ4n) is 1.94. The minimum absolute atomic E-state index is 0.369. The quantitative estimate of drug-likeness (QED) is 0.822. The summed E-state index contributed by atoms with van der Waals surface area (Å²) in [7, 11) is 4.53. The van der Waals surface area contributed by atoms with Gasteiger partial charge >= 0.3 is 11.8 Å². The normalized spacial score (nSPS) is 9.79. The summed E-state index contributed by atoms with van der Waals surface area (Å²) in [5, 5.41) is 5.00. The molecule has 2 aromatic carbocycles. The van der Waals surface area contributed by atoms with Gasteiger partial charge in [0.1, 0.15) is 17.2 Å².